The van der Waals surface area contributed by atoms with E-state index < -0.39 is 5.60 Å². The second-order valence-corrected chi connectivity index (χ2v) is 6.66. The van der Waals surface area contributed by atoms with Gasteiger partial charge in [-0.05, 0) is 62.5 Å². The summed E-state index contributed by atoms with van der Waals surface area (Å²) in [6.07, 6.45) is 4.39. The molecule has 3 nitrogen and oxygen atoms in total. The Morgan fingerprint density at radius 3 is 2.90 bits per heavy atom. The topological polar surface area (TPSA) is 43.7 Å². The van der Waals surface area contributed by atoms with E-state index in [4.69, 9.17) is 0 Å². The number of phenolic OH excluding ortho intramolecular Hbond substituents is 1. The molecule has 1 aromatic rings. The molecule has 3 heteroatoms. The van der Waals surface area contributed by atoms with E-state index in [0.29, 0.717) is 0 Å². The monoisotopic (exact) mass is 287 g/mol. The average molecular weight is 287 g/mol. The lowest BCUT2D eigenvalue weighted by Gasteiger charge is -2.60. The summed E-state index contributed by atoms with van der Waals surface area (Å²) in [6, 6.07) is 5.76. The van der Waals surface area contributed by atoms with Crippen LogP contribution >= 0.6 is 0 Å². The zero-order valence-electron chi connectivity index (χ0n) is 13.0. The maximum Gasteiger partial charge on any atom is 0.115 e. The lowest BCUT2D eigenvalue weighted by atomic mass is 9.54. The van der Waals surface area contributed by atoms with Gasteiger partial charge in [0.25, 0.3) is 0 Å². The third-order valence-corrected chi connectivity index (χ3v) is 5.81. The van der Waals surface area contributed by atoms with Crippen molar-refractivity contribution in [2.24, 2.45) is 0 Å². The van der Waals surface area contributed by atoms with Crippen molar-refractivity contribution in [2.75, 3.05) is 13.1 Å². The molecule has 3 atom stereocenters. The number of hydrogen-bond acceptors (Lipinski definition) is 3. The van der Waals surface area contributed by atoms with Crippen molar-refractivity contribution in [3.05, 3.63) is 42.0 Å². The molecule has 0 saturated carbocycles. The standard InChI is InChI=1S/C18H25NO2/c1-4-8-18-9-10-19(5-2)16(17(18,3)21)11-13-6-7-14(20)12-15(13)18/h4,6-7,12,16,20-21H,1,5,8-11H2,2-3H3/t16-,17-,18+/m1/s1. The highest BCUT2D eigenvalue weighted by molar-refractivity contribution is 5.47. The van der Waals surface area contributed by atoms with Crippen LogP contribution in [-0.2, 0) is 11.8 Å². The Balaban J connectivity index is 2.22. The van der Waals surface area contributed by atoms with Gasteiger partial charge in [-0.1, -0.05) is 19.1 Å². The Kier molecular flexibility index (Phi) is 3.38. The second-order valence-electron chi connectivity index (χ2n) is 6.66. The zero-order valence-corrected chi connectivity index (χ0v) is 13.0. The third-order valence-electron chi connectivity index (χ3n) is 5.81. The van der Waals surface area contributed by atoms with Crippen molar-refractivity contribution in [2.45, 2.75) is 50.2 Å². The molecule has 0 spiro atoms. The van der Waals surface area contributed by atoms with E-state index in [1.807, 2.05) is 25.1 Å². The molecule has 0 amide bonds. The summed E-state index contributed by atoms with van der Waals surface area (Å²) in [6.45, 7) is 9.98. The van der Waals surface area contributed by atoms with Crippen LogP contribution in [0.4, 0.5) is 0 Å². The summed E-state index contributed by atoms with van der Waals surface area (Å²) >= 11 is 0. The Morgan fingerprint density at radius 2 is 2.24 bits per heavy atom. The predicted octanol–water partition coefficient (Wildman–Crippen LogP) is 2.61. The van der Waals surface area contributed by atoms with Gasteiger partial charge >= 0.3 is 0 Å². The molecule has 1 saturated heterocycles. The molecule has 1 fully saturated rings. The molecule has 2 N–H and O–H groups in total. The number of piperidine rings is 1. The molecule has 1 heterocycles. The van der Waals surface area contributed by atoms with Crippen LogP contribution < -0.4 is 0 Å². The number of fused-ring (bicyclic) bond motifs is 4. The summed E-state index contributed by atoms with van der Waals surface area (Å²) in [4.78, 5) is 2.39. The van der Waals surface area contributed by atoms with Gasteiger partial charge in [0.05, 0.1) is 5.60 Å². The maximum atomic E-state index is 11.4. The molecule has 0 aromatic heterocycles. The highest BCUT2D eigenvalue weighted by Crippen LogP contribution is 2.53. The summed E-state index contributed by atoms with van der Waals surface area (Å²) in [7, 11) is 0. The number of likely N-dealkylation sites (N-methyl/N-ethyl adjacent to an activating group) is 1. The SMILES string of the molecule is C=CC[C@]12CCN(CC)[C@H](Cc3ccc(O)cc31)[C@@]2(C)O. The number of aliphatic hydroxyl groups is 1. The molecule has 1 aliphatic carbocycles. The molecule has 1 aliphatic heterocycles. The van der Waals surface area contributed by atoms with Crippen LogP contribution in [0.1, 0.15) is 37.8 Å². The highest BCUT2D eigenvalue weighted by atomic mass is 16.3. The summed E-state index contributed by atoms with van der Waals surface area (Å²) in [5.74, 6) is 0.282. The number of aromatic hydroxyl groups is 1. The van der Waals surface area contributed by atoms with Gasteiger partial charge in [-0.15, -0.1) is 6.58 Å². The van der Waals surface area contributed by atoms with Gasteiger partial charge in [0, 0.05) is 11.5 Å². The van der Waals surface area contributed by atoms with Crippen LogP contribution in [0.2, 0.25) is 0 Å². The first-order valence-corrected chi connectivity index (χ1v) is 7.86. The number of nitrogens with zero attached hydrogens (tertiary/aromatic N) is 1. The van der Waals surface area contributed by atoms with Gasteiger partial charge in [-0.25, -0.2) is 0 Å². The van der Waals surface area contributed by atoms with E-state index in [0.717, 1.165) is 37.9 Å². The Morgan fingerprint density at radius 1 is 1.48 bits per heavy atom. The quantitative estimate of drug-likeness (QED) is 0.840. The van der Waals surface area contributed by atoms with Crippen LogP contribution in [0.25, 0.3) is 0 Å². The first-order valence-electron chi connectivity index (χ1n) is 7.86. The predicted molar refractivity (Wildman–Crippen MR) is 84.6 cm³/mol. The number of allylic oxidation sites excluding steroid dienone is 1. The fourth-order valence-corrected chi connectivity index (χ4v) is 4.59. The van der Waals surface area contributed by atoms with Crippen LogP contribution in [0.3, 0.4) is 0 Å². The summed E-state index contributed by atoms with van der Waals surface area (Å²) in [5, 5.41) is 21.3. The molecule has 1 aromatic carbocycles. The zero-order chi connectivity index (χ0) is 15.3. The van der Waals surface area contributed by atoms with Crippen LogP contribution in [0.5, 0.6) is 5.75 Å². The molecular formula is C18H25NO2. The Bertz CT molecular complexity index is 566. The summed E-state index contributed by atoms with van der Waals surface area (Å²) in [5.41, 5.74) is 1.22. The van der Waals surface area contributed by atoms with Crippen LogP contribution in [0, 0.1) is 0 Å². The first kappa shape index (κ1) is 14.6. The van der Waals surface area contributed by atoms with Crippen LogP contribution in [-0.4, -0.2) is 39.8 Å². The number of rotatable bonds is 3. The van der Waals surface area contributed by atoms with Crippen molar-refractivity contribution in [1.82, 2.24) is 4.90 Å². The molecule has 0 radical (unpaired) electrons. The summed E-state index contributed by atoms with van der Waals surface area (Å²) < 4.78 is 0. The van der Waals surface area contributed by atoms with E-state index in [1.54, 1.807) is 6.07 Å². The number of likely N-dealkylation sites (tertiary alicyclic amines) is 1. The molecule has 114 valence electrons. The minimum absolute atomic E-state index is 0.133. The van der Waals surface area contributed by atoms with E-state index in [2.05, 4.69) is 18.4 Å². The number of hydrogen-bond donors (Lipinski definition) is 2. The fourth-order valence-electron chi connectivity index (χ4n) is 4.59. The maximum absolute atomic E-state index is 11.4. The molecule has 2 bridgehead atoms. The van der Waals surface area contributed by atoms with Gasteiger partial charge in [0.1, 0.15) is 5.75 Å². The Labute approximate surface area is 126 Å². The largest absolute Gasteiger partial charge is 0.508 e. The van der Waals surface area contributed by atoms with E-state index >= 15 is 0 Å². The smallest absolute Gasteiger partial charge is 0.115 e. The molecule has 3 rings (SSSR count). The van der Waals surface area contributed by atoms with E-state index in [9.17, 15) is 10.2 Å². The third kappa shape index (κ3) is 1.87. The average Bonchev–Trinajstić information content (AvgIpc) is 2.43. The van der Waals surface area contributed by atoms with Crippen molar-refractivity contribution >= 4 is 0 Å². The molecule has 0 unspecified atom stereocenters. The second kappa shape index (κ2) is 4.85. The van der Waals surface area contributed by atoms with Gasteiger partial charge in [0.2, 0.25) is 0 Å². The van der Waals surface area contributed by atoms with Crippen molar-refractivity contribution in [1.29, 1.82) is 0 Å². The Hall–Kier alpha value is -1.32. The lowest BCUT2D eigenvalue weighted by molar-refractivity contribution is -0.132. The minimum Gasteiger partial charge on any atom is -0.508 e. The van der Waals surface area contributed by atoms with Crippen molar-refractivity contribution in [3.8, 4) is 5.75 Å². The molecular weight excluding hydrogens is 262 g/mol. The fraction of sp³-hybridized carbons (Fsp3) is 0.556. The van der Waals surface area contributed by atoms with E-state index in [-0.39, 0.29) is 17.2 Å². The number of benzene rings is 1. The van der Waals surface area contributed by atoms with E-state index in [1.165, 1.54) is 5.56 Å². The lowest BCUT2D eigenvalue weighted by Crippen LogP contribution is -2.70. The van der Waals surface area contributed by atoms with Gasteiger partial charge in [0.15, 0.2) is 0 Å². The highest BCUT2D eigenvalue weighted by Gasteiger charge is 2.59. The first-order chi connectivity index (χ1) is 9.96. The van der Waals surface area contributed by atoms with Crippen molar-refractivity contribution in [3.63, 3.8) is 0 Å². The molecule has 21 heavy (non-hydrogen) atoms. The van der Waals surface area contributed by atoms with Gasteiger partial charge < -0.3 is 10.2 Å². The molecule has 2 aliphatic rings. The van der Waals surface area contributed by atoms with Crippen molar-refractivity contribution < 1.29 is 10.2 Å². The number of phenols is 1. The normalized spacial score (nSPS) is 35.3. The van der Waals surface area contributed by atoms with Gasteiger partial charge in [-0.2, -0.15) is 0 Å². The van der Waals surface area contributed by atoms with Gasteiger partial charge in [-0.3, -0.25) is 4.90 Å². The minimum atomic E-state index is -0.809. The van der Waals surface area contributed by atoms with Crippen LogP contribution in [0.15, 0.2) is 30.9 Å².